The monoisotopic (exact) mass is 491 g/mol. The second-order valence-corrected chi connectivity index (χ2v) is 10.2. The van der Waals surface area contributed by atoms with E-state index in [9.17, 15) is 27.2 Å². The number of nitrogens with one attached hydrogen (secondary N) is 1. The van der Waals surface area contributed by atoms with E-state index in [4.69, 9.17) is 0 Å². The molecule has 0 heterocycles. The number of Topliss-reactive ketones (excluding diaryl/α,β-unsaturated/α-hetero) is 1. The molecule has 0 aliphatic rings. The molecule has 2 aromatic rings. The van der Waals surface area contributed by atoms with Gasteiger partial charge in [0.15, 0.2) is 5.78 Å². The smallest absolute Gasteiger partial charge is 0.244 e. The van der Waals surface area contributed by atoms with Crippen LogP contribution >= 0.6 is 0 Å². The van der Waals surface area contributed by atoms with Crippen molar-refractivity contribution in [1.29, 1.82) is 0 Å². The quantitative estimate of drug-likeness (QED) is 0.515. The van der Waals surface area contributed by atoms with E-state index in [-0.39, 0.29) is 35.2 Å². The van der Waals surface area contributed by atoms with E-state index in [1.807, 2.05) is 0 Å². The van der Waals surface area contributed by atoms with Crippen molar-refractivity contribution < 1.29 is 27.2 Å². The van der Waals surface area contributed by atoms with Gasteiger partial charge in [-0.1, -0.05) is 30.3 Å². The molecule has 184 valence electrons. The lowest BCUT2D eigenvalue weighted by Gasteiger charge is -2.32. The van der Waals surface area contributed by atoms with Crippen molar-refractivity contribution in [2.45, 2.75) is 46.3 Å². The summed E-state index contributed by atoms with van der Waals surface area (Å²) in [6.07, 6.45) is 0.941. The zero-order valence-corrected chi connectivity index (χ0v) is 20.7. The fraction of sp³-hybridized carbons (Fsp3) is 0.375. The third kappa shape index (κ3) is 7.11. The summed E-state index contributed by atoms with van der Waals surface area (Å²) >= 11 is 0. The molecule has 0 aliphatic carbocycles. The number of ketones is 1. The number of amides is 2. The van der Waals surface area contributed by atoms with Gasteiger partial charge in [0.05, 0.1) is 11.9 Å². The van der Waals surface area contributed by atoms with Gasteiger partial charge < -0.3 is 10.2 Å². The predicted octanol–water partition coefficient (Wildman–Crippen LogP) is 2.74. The zero-order valence-electron chi connectivity index (χ0n) is 19.9. The SMILES string of the molecule is CC(=O)c1cccc(N(CC(=O)N(Cc2ccccc2F)[C@H](C)C(=O)NC(C)C)S(C)(=O)=O)c1. The molecule has 8 nitrogen and oxygen atoms in total. The molecule has 34 heavy (non-hydrogen) atoms. The van der Waals surface area contributed by atoms with Crippen molar-refractivity contribution in [3.63, 3.8) is 0 Å². The van der Waals surface area contributed by atoms with Crippen LogP contribution in [0.3, 0.4) is 0 Å². The second kappa shape index (κ2) is 11.2. The fourth-order valence-electron chi connectivity index (χ4n) is 3.29. The first-order valence-electron chi connectivity index (χ1n) is 10.7. The Hall–Kier alpha value is -3.27. The Balaban J connectivity index is 2.44. The van der Waals surface area contributed by atoms with Gasteiger partial charge in [-0.05, 0) is 45.9 Å². The Morgan fingerprint density at radius 2 is 1.68 bits per heavy atom. The lowest BCUT2D eigenvalue weighted by molar-refractivity contribution is -0.139. The third-order valence-electron chi connectivity index (χ3n) is 5.12. The van der Waals surface area contributed by atoms with Crippen LogP contribution in [0.1, 0.15) is 43.6 Å². The van der Waals surface area contributed by atoms with E-state index in [2.05, 4.69) is 5.32 Å². The maximum Gasteiger partial charge on any atom is 0.244 e. The van der Waals surface area contributed by atoms with Gasteiger partial charge in [-0.15, -0.1) is 0 Å². The molecule has 0 unspecified atom stereocenters. The molecular weight excluding hydrogens is 461 g/mol. The highest BCUT2D eigenvalue weighted by Crippen LogP contribution is 2.21. The minimum Gasteiger partial charge on any atom is -0.352 e. The Kier molecular flexibility index (Phi) is 8.92. The van der Waals surface area contributed by atoms with Crippen molar-refractivity contribution in [2.75, 3.05) is 17.1 Å². The maximum atomic E-state index is 14.3. The predicted molar refractivity (Wildman–Crippen MR) is 128 cm³/mol. The summed E-state index contributed by atoms with van der Waals surface area (Å²) in [5.41, 5.74) is 0.602. The van der Waals surface area contributed by atoms with Gasteiger partial charge in [0.2, 0.25) is 21.8 Å². The second-order valence-electron chi connectivity index (χ2n) is 8.33. The van der Waals surface area contributed by atoms with Crippen molar-refractivity contribution in [3.8, 4) is 0 Å². The van der Waals surface area contributed by atoms with Crippen LogP contribution in [0.4, 0.5) is 10.1 Å². The summed E-state index contributed by atoms with van der Waals surface area (Å²) < 4.78 is 40.3. The third-order valence-corrected chi connectivity index (χ3v) is 6.26. The zero-order chi connectivity index (χ0) is 25.6. The van der Waals surface area contributed by atoms with Gasteiger partial charge in [-0.25, -0.2) is 12.8 Å². The number of hydrogen-bond acceptors (Lipinski definition) is 5. The lowest BCUT2D eigenvalue weighted by Crippen LogP contribution is -2.52. The molecule has 2 amide bonds. The minimum atomic E-state index is -3.94. The molecule has 10 heteroatoms. The number of rotatable bonds is 10. The van der Waals surface area contributed by atoms with Crippen molar-refractivity contribution >= 4 is 33.3 Å². The summed E-state index contributed by atoms with van der Waals surface area (Å²) in [6, 6.07) is 10.6. The molecule has 0 fully saturated rings. The highest BCUT2D eigenvalue weighted by molar-refractivity contribution is 7.92. The number of benzene rings is 2. The topological polar surface area (TPSA) is 104 Å². The molecule has 0 aliphatic heterocycles. The van der Waals surface area contributed by atoms with Gasteiger partial charge in [0, 0.05) is 23.7 Å². The molecule has 2 rings (SSSR count). The largest absolute Gasteiger partial charge is 0.352 e. The Labute approximate surface area is 199 Å². The van der Waals surface area contributed by atoms with Crippen LogP contribution in [-0.4, -0.2) is 55.8 Å². The van der Waals surface area contributed by atoms with E-state index >= 15 is 0 Å². The average molecular weight is 492 g/mol. The summed E-state index contributed by atoms with van der Waals surface area (Å²) in [7, 11) is -3.94. The number of anilines is 1. The van der Waals surface area contributed by atoms with Crippen LogP contribution in [0.25, 0.3) is 0 Å². The first-order valence-corrected chi connectivity index (χ1v) is 12.6. The molecule has 0 aromatic heterocycles. The molecular formula is C24H30FN3O5S. The van der Waals surface area contributed by atoms with Gasteiger partial charge >= 0.3 is 0 Å². The molecule has 1 N–H and O–H groups in total. The van der Waals surface area contributed by atoms with Crippen molar-refractivity contribution in [1.82, 2.24) is 10.2 Å². The van der Waals surface area contributed by atoms with Gasteiger partial charge in [0.1, 0.15) is 18.4 Å². The highest BCUT2D eigenvalue weighted by Gasteiger charge is 2.30. The van der Waals surface area contributed by atoms with Crippen LogP contribution in [0.15, 0.2) is 48.5 Å². The summed E-state index contributed by atoms with van der Waals surface area (Å²) in [6.45, 7) is 5.51. The van der Waals surface area contributed by atoms with Crippen molar-refractivity contribution in [3.05, 3.63) is 65.5 Å². The van der Waals surface area contributed by atoms with Gasteiger partial charge in [0.25, 0.3) is 0 Å². The maximum absolute atomic E-state index is 14.3. The molecule has 0 spiro atoms. The van der Waals surface area contributed by atoms with E-state index in [0.717, 1.165) is 15.5 Å². The van der Waals surface area contributed by atoms with Gasteiger partial charge in [-0.2, -0.15) is 0 Å². The summed E-state index contributed by atoms with van der Waals surface area (Å²) in [5, 5.41) is 2.72. The molecule has 1 atom stereocenters. The molecule has 0 bridgehead atoms. The molecule has 0 radical (unpaired) electrons. The van der Waals surface area contributed by atoms with Crippen LogP contribution in [0.2, 0.25) is 0 Å². The lowest BCUT2D eigenvalue weighted by atomic mass is 10.1. The normalized spacial score (nSPS) is 12.2. The van der Waals surface area contributed by atoms with E-state index < -0.39 is 40.2 Å². The number of carbonyl (C=O) groups is 3. The van der Waals surface area contributed by atoms with E-state index in [1.54, 1.807) is 19.9 Å². The van der Waals surface area contributed by atoms with Crippen molar-refractivity contribution in [2.24, 2.45) is 0 Å². The van der Waals surface area contributed by atoms with Crippen LogP contribution in [0.5, 0.6) is 0 Å². The number of hydrogen-bond donors (Lipinski definition) is 1. The standard InChI is InChI=1S/C24H30FN3O5S/c1-16(2)26-24(31)17(3)27(14-20-9-6-7-12-22(20)25)23(30)15-28(34(5,32)33)21-11-8-10-19(13-21)18(4)29/h6-13,16-17H,14-15H2,1-5H3,(H,26,31)/t17-/m1/s1. The van der Waals surface area contributed by atoms with Gasteiger partial charge in [-0.3, -0.25) is 18.7 Å². The first kappa shape index (κ1) is 27.0. The average Bonchev–Trinajstić information content (AvgIpc) is 2.75. The Morgan fingerprint density at radius 1 is 1.03 bits per heavy atom. The minimum absolute atomic E-state index is 0.133. The first-order chi connectivity index (χ1) is 15.8. The number of carbonyl (C=O) groups excluding carboxylic acids is 3. The van der Waals surface area contributed by atoms with Crippen LogP contribution in [0, 0.1) is 5.82 Å². The molecule has 0 saturated heterocycles. The molecule has 0 saturated carbocycles. The summed E-state index contributed by atoms with van der Waals surface area (Å²) in [5.74, 6) is -1.97. The molecule has 2 aromatic carbocycles. The van der Waals surface area contributed by atoms with E-state index in [0.29, 0.717) is 0 Å². The van der Waals surface area contributed by atoms with Crippen LogP contribution in [-0.2, 0) is 26.2 Å². The fourth-order valence-corrected chi connectivity index (χ4v) is 4.13. The van der Waals surface area contributed by atoms with E-state index in [1.165, 1.54) is 56.3 Å². The Morgan fingerprint density at radius 3 is 2.24 bits per heavy atom. The Bertz CT molecular complexity index is 1170. The number of sulfonamides is 1. The number of halogens is 1. The highest BCUT2D eigenvalue weighted by atomic mass is 32.2. The number of nitrogens with zero attached hydrogens (tertiary/aromatic N) is 2. The van der Waals surface area contributed by atoms with Crippen LogP contribution < -0.4 is 9.62 Å². The summed E-state index contributed by atoms with van der Waals surface area (Å²) in [4.78, 5) is 39.0.